The van der Waals surface area contributed by atoms with Crippen molar-refractivity contribution in [2.75, 3.05) is 4.90 Å². The van der Waals surface area contributed by atoms with Crippen molar-refractivity contribution in [1.82, 2.24) is 0 Å². The Morgan fingerprint density at radius 2 is 0.862 bits per heavy atom. The molecule has 0 bridgehead atoms. The quantitative estimate of drug-likeness (QED) is 0.157. The zero-order valence-corrected chi connectivity index (χ0v) is 32.5. The van der Waals surface area contributed by atoms with Crippen LogP contribution in [0.5, 0.6) is 0 Å². The molecule has 11 rings (SSSR count). The van der Waals surface area contributed by atoms with Crippen molar-refractivity contribution in [2.45, 2.75) is 0 Å². The van der Waals surface area contributed by atoms with E-state index in [1.165, 1.54) is 86.2 Å². The molecular weight excluding hydrogens is 719 g/mol. The van der Waals surface area contributed by atoms with E-state index in [1.807, 2.05) is 11.3 Å². The topological polar surface area (TPSA) is 3.24 Å². The number of nitrogens with zero attached hydrogens (tertiary/aromatic N) is 1. The number of hydrogen-bond acceptors (Lipinski definition) is 2. The van der Waals surface area contributed by atoms with Crippen LogP contribution in [0.25, 0.3) is 86.2 Å². The summed E-state index contributed by atoms with van der Waals surface area (Å²) in [5.74, 6) is 0. The fourth-order valence-corrected chi connectivity index (χ4v) is 9.73. The zero-order chi connectivity index (χ0) is 38.4. The molecule has 0 aliphatic heterocycles. The molecule has 0 amide bonds. The third-order valence-electron chi connectivity index (χ3n) is 11.5. The predicted molar refractivity (Wildman–Crippen MR) is 251 cm³/mol. The molecule has 10 aromatic carbocycles. The second kappa shape index (κ2) is 14.4. The highest BCUT2D eigenvalue weighted by Gasteiger charge is 2.22. The molecule has 0 saturated heterocycles. The van der Waals surface area contributed by atoms with Crippen LogP contribution in [-0.4, -0.2) is 0 Å². The van der Waals surface area contributed by atoms with Gasteiger partial charge in [0.1, 0.15) is 0 Å². The third-order valence-corrected chi connectivity index (χ3v) is 12.6. The van der Waals surface area contributed by atoms with Crippen molar-refractivity contribution < 1.29 is 0 Å². The Morgan fingerprint density at radius 1 is 0.293 bits per heavy atom. The maximum atomic E-state index is 2.49. The number of thiophene rings is 1. The SMILES string of the molecule is c1ccc(-c2ccc(-c3ccc4ccccc4c3)cc2N(c2ccc(-c3ccc(-c4cccc5ccccc45)cc3)cc2)c2cccc3sc4ccccc4c23)cc1. The lowest BCUT2D eigenvalue weighted by Crippen LogP contribution is -2.12. The Bertz CT molecular complexity index is 3260. The highest BCUT2D eigenvalue weighted by molar-refractivity contribution is 7.26. The molecule has 0 aliphatic rings. The van der Waals surface area contributed by atoms with E-state index in [2.05, 4.69) is 229 Å². The summed E-state index contributed by atoms with van der Waals surface area (Å²) in [7, 11) is 0. The molecule has 0 saturated carbocycles. The van der Waals surface area contributed by atoms with E-state index in [1.54, 1.807) is 0 Å². The monoisotopic (exact) mass is 755 g/mol. The second-order valence-corrected chi connectivity index (χ2v) is 16.0. The van der Waals surface area contributed by atoms with Crippen molar-refractivity contribution >= 4 is 70.1 Å². The molecule has 2 heteroatoms. The van der Waals surface area contributed by atoms with Gasteiger partial charge in [-0.15, -0.1) is 11.3 Å². The molecule has 1 heterocycles. The van der Waals surface area contributed by atoms with Gasteiger partial charge in [0.25, 0.3) is 0 Å². The molecular formula is C56H37NS. The van der Waals surface area contributed by atoms with Gasteiger partial charge in [0.05, 0.1) is 11.4 Å². The molecule has 0 unspecified atom stereocenters. The largest absolute Gasteiger partial charge is 0.309 e. The van der Waals surface area contributed by atoms with Crippen LogP contribution < -0.4 is 4.90 Å². The molecule has 1 nitrogen and oxygen atoms in total. The Morgan fingerprint density at radius 3 is 1.69 bits per heavy atom. The molecule has 0 atom stereocenters. The van der Waals surface area contributed by atoms with Crippen molar-refractivity contribution in [2.24, 2.45) is 0 Å². The summed E-state index contributed by atoms with van der Waals surface area (Å²) in [5, 5.41) is 7.56. The Balaban J connectivity index is 1.08. The summed E-state index contributed by atoms with van der Waals surface area (Å²) in [6, 6.07) is 82.1. The Hall–Kier alpha value is -7.26. The molecule has 11 aromatic rings. The van der Waals surface area contributed by atoms with Gasteiger partial charge in [0.2, 0.25) is 0 Å². The summed E-state index contributed by atoms with van der Waals surface area (Å²) < 4.78 is 2.57. The second-order valence-electron chi connectivity index (χ2n) is 14.9. The minimum atomic E-state index is 1.10. The summed E-state index contributed by atoms with van der Waals surface area (Å²) in [6.45, 7) is 0. The minimum Gasteiger partial charge on any atom is -0.309 e. The van der Waals surface area contributed by atoms with Crippen molar-refractivity contribution in [3.63, 3.8) is 0 Å². The van der Waals surface area contributed by atoms with Crippen LogP contribution in [-0.2, 0) is 0 Å². The van der Waals surface area contributed by atoms with Crippen LogP contribution in [0.3, 0.4) is 0 Å². The number of hydrogen-bond donors (Lipinski definition) is 0. The first-order valence-corrected chi connectivity index (χ1v) is 20.6. The van der Waals surface area contributed by atoms with E-state index in [4.69, 9.17) is 0 Å². The van der Waals surface area contributed by atoms with E-state index in [0.717, 1.165) is 17.1 Å². The van der Waals surface area contributed by atoms with Crippen LogP contribution >= 0.6 is 11.3 Å². The van der Waals surface area contributed by atoms with Gasteiger partial charge in [-0.25, -0.2) is 0 Å². The van der Waals surface area contributed by atoms with Gasteiger partial charge < -0.3 is 4.90 Å². The van der Waals surface area contributed by atoms with Gasteiger partial charge in [-0.2, -0.15) is 0 Å². The lowest BCUT2D eigenvalue weighted by Gasteiger charge is -2.29. The summed E-state index contributed by atoms with van der Waals surface area (Å²) in [5.41, 5.74) is 13.0. The molecule has 1 aromatic heterocycles. The molecule has 272 valence electrons. The summed E-state index contributed by atoms with van der Waals surface area (Å²) in [6.07, 6.45) is 0. The van der Waals surface area contributed by atoms with Crippen LogP contribution in [0.2, 0.25) is 0 Å². The first-order chi connectivity index (χ1) is 28.7. The van der Waals surface area contributed by atoms with Crippen molar-refractivity contribution in [3.8, 4) is 44.5 Å². The lowest BCUT2D eigenvalue weighted by molar-refractivity contribution is 1.30. The van der Waals surface area contributed by atoms with E-state index in [9.17, 15) is 0 Å². The third kappa shape index (κ3) is 6.03. The van der Waals surface area contributed by atoms with Crippen LogP contribution in [0.15, 0.2) is 224 Å². The Kier molecular flexibility index (Phi) is 8.42. The number of anilines is 3. The van der Waals surface area contributed by atoms with E-state index in [0.29, 0.717) is 0 Å². The van der Waals surface area contributed by atoms with Gasteiger partial charge >= 0.3 is 0 Å². The van der Waals surface area contributed by atoms with Crippen molar-refractivity contribution in [1.29, 1.82) is 0 Å². The minimum absolute atomic E-state index is 1.10. The van der Waals surface area contributed by atoms with Gasteiger partial charge in [0, 0.05) is 31.4 Å². The molecule has 0 spiro atoms. The smallest absolute Gasteiger partial charge is 0.0555 e. The van der Waals surface area contributed by atoms with Gasteiger partial charge in [-0.1, -0.05) is 182 Å². The molecule has 0 aliphatic carbocycles. The van der Waals surface area contributed by atoms with Gasteiger partial charge in [-0.05, 0) is 103 Å². The highest BCUT2D eigenvalue weighted by Crippen LogP contribution is 2.48. The maximum Gasteiger partial charge on any atom is 0.0555 e. The number of benzene rings is 10. The maximum absolute atomic E-state index is 2.49. The summed E-state index contributed by atoms with van der Waals surface area (Å²) in [4.78, 5) is 2.49. The normalized spacial score (nSPS) is 11.4. The molecule has 0 radical (unpaired) electrons. The van der Waals surface area contributed by atoms with Crippen molar-refractivity contribution in [3.05, 3.63) is 224 Å². The number of fused-ring (bicyclic) bond motifs is 5. The predicted octanol–water partition coefficient (Wildman–Crippen LogP) is 16.5. The average Bonchev–Trinajstić information content (AvgIpc) is 3.69. The first kappa shape index (κ1) is 34.0. The highest BCUT2D eigenvalue weighted by atomic mass is 32.1. The van der Waals surface area contributed by atoms with E-state index >= 15 is 0 Å². The van der Waals surface area contributed by atoms with Crippen LogP contribution in [0, 0.1) is 0 Å². The fourth-order valence-electron chi connectivity index (χ4n) is 8.60. The lowest BCUT2D eigenvalue weighted by atomic mass is 9.95. The Labute approximate surface area is 342 Å². The first-order valence-electron chi connectivity index (χ1n) is 19.8. The fraction of sp³-hybridized carbons (Fsp3) is 0. The van der Waals surface area contributed by atoms with Crippen LogP contribution in [0.1, 0.15) is 0 Å². The molecule has 0 N–H and O–H groups in total. The molecule has 58 heavy (non-hydrogen) atoms. The van der Waals surface area contributed by atoms with Gasteiger partial charge in [0.15, 0.2) is 0 Å². The van der Waals surface area contributed by atoms with Crippen LogP contribution in [0.4, 0.5) is 17.1 Å². The standard InChI is InChI=1S/C56H37NS/c1-2-13-42(14-3-1)50-35-32-46(45-29-26-38-12-4-5-16-44(38)36-45)37-53(50)57(52-21-11-23-55-56(52)51-19-8-9-22-54(51)58-55)47-33-30-40(31-34-47)39-24-27-43(28-25-39)49-20-10-17-41-15-6-7-18-48(41)49/h1-37H. The molecule has 0 fully saturated rings. The summed E-state index contributed by atoms with van der Waals surface area (Å²) >= 11 is 1.86. The zero-order valence-electron chi connectivity index (χ0n) is 31.7. The van der Waals surface area contributed by atoms with E-state index < -0.39 is 0 Å². The van der Waals surface area contributed by atoms with Gasteiger partial charge in [-0.3, -0.25) is 0 Å². The average molecular weight is 756 g/mol. The number of rotatable bonds is 7. The van der Waals surface area contributed by atoms with E-state index in [-0.39, 0.29) is 0 Å².